The molecule has 0 heterocycles. The summed E-state index contributed by atoms with van der Waals surface area (Å²) in [5.41, 5.74) is 0.169. The lowest BCUT2D eigenvalue weighted by Crippen LogP contribution is -2.37. The van der Waals surface area contributed by atoms with Gasteiger partial charge in [0.2, 0.25) is 0 Å². The summed E-state index contributed by atoms with van der Waals surface area (Å²) < 4.78 is 0. The number of carbonyl (C=O) groups is 1. The van der Waals surface area contributed by atoms with Crippen LogP contribution in [0.1, 0.15) is 40.0 Å². The van der Waals surface area contributed by atoms with Gasteiger partial charge in [0.05, 0.1) is 5.38 Å². The van der Waals surface area contributed by atoms with E-state index in [1.165, 1.54) is 0 Å². The lowest BCUT2D eigenvalue weighted by atomic mass is 9.72. The fraction of sp³-hybridized carbons (Fsp3) is 0.900. The summed E-state index contributed by atoms with van der Waals surface area (Å²) in [6.07, 6.45) is 2.80. The average Bonchev–Trinajstić information content (AvgIpc) is 1.92. The third kappa shape index (κ3) is 2.01. The van der Waals surface area contributed by atoms with Gasteiger partial charge in [0, 0.05) is 6.42 Å². The van der Waals surface area contributed by atoms with Crippen molar-refractivity contribution in [1.29, 1.82) is 0 Å². The van der Waals surface area contributed by atoms with Crippen LogP contribution in [0.25, 0.3) is 0 Å². The summed E-state index contributed by atoms with van der Waals surface area (Å²) in [6, 6.07) is 0. The van der Waals surface area contributed by atoms with Gasteiger partial charge in [0.1, 0.15) is 0 Å². The van der Waals surface area contributed by atoms with Crippen molar-refractivity contribution in [2.24, 2.45) is 11.3 Å². The van der Waals surface area contributed by atoms with Crippen molar-refractivity contribution >= 4 is 17.4 Å². The zero-order valence-electron chi connectivity index (χ0n) is 8.06. The molecule has 0 unspecified atom stereocenters. The summed E-state index contributed by atoms with van der Waals surface area (Å²) in [5.74, 6) is 0.600. The Labute approximate surface area is 79.5 Å². The molecule has 1 nitrogen and oxygen atoms in total. The second-order valence-electron chi connectivity index (χ2n) is 4.73. The second kappa shape index (κ2) is 3.37. The molecule has 1 rings (SSSR count). The van der Waals surface area contributed by atoms with Crippen molar-refractivity contribution in [2.45, 2.75) is 45.4 Å². The normalized spacial score (nSPS) is 32.2. The van der Waals surface area contributed by atoms with Crippen LogP contribution in [0, 0.1) is 11.3 Å². The summed E-state index contributed by atoms with van der Waals surface area (Å²) in [7, 11) is 0. The van der Waals surface area contributed by atoms with E-state index in [1.807, 2.05) is 0 Å². The van der Waals surface area contributed by atoms with Crippen LogP contribution in [-0.2, 0) is 4.79 Å². The van der Waals surface area contributed by atoms with Crippen LogP contribution < -0.4 is 0 Å². The molecule has 2 atom stereocenters. The second-order valence-corrected chi connectivity index (χ2v) is 5.20. The van der Waals surface area contributed by atoms with Gasteiger partial charge in [-0.25, -0.2) is 0 Å². The predicted octanol–water partition coefficient (Wildman–Crippen LogP) is 3.01. The minimum Gasteiger partial charge on any atom is -0.298 e. The number of Topliss-reactive ketones (excluding diaryl/α,β-unsaturated/α-hetero) is 1. The van der Waals surface area contributed by atoms with E-state index >= 15 is 0 Å². The first-order valence-electron chi connectivity index (χ1n) is 4.59. The fourth-order valence-corrected chi connectivity index (χ4v) is 2.49. The van der Waals surface area contributed by atoms with Crippen molar-refractivity contribution in [3.8, 4) is 0 Å². The summed E-state index contributed by atoms with van der Waals surface area (Å²) >= 11 is 6.07. The van der Waals surface area contributed by atoms with E-state index < -0.39 is 0 Å². The molecule has 2 heteroatoms. The van der Waals surface area contributed by atoms with Crippen molar-refractivity contribution in [2.75, 3.05) is 0 Å². The van der Waals surface area contributed by atoms with Crippen molar-refractivity contribution in [1.82, 2.24) is 0 Å². The largest absolute Gasteiger partial charge is 0.298 e. The molecule has 0 aliphatic heterocycles. The van der Waals surface area contributed by atoms with Gasteiger partial charge >= 0.3 is 0 Å². The van der Waals surface area contributed by atoms with E-state index in [9.17, 15) is 4.79 Å². The molecular formula is C10H17ClO. The van der Waals surface area contributed by atoms with Crippen LogP contribution in [-0.4, -0.2) is 11.2 Å². The molecule has 0 saturated heterocycles. The highest BCUT2D eigenvalue weighted by atomic mass is 35.5. The maximum atomic E-state index is 11.3. The Bertz CT molecular complexity index is 181. The van der Waals surface area contributed by atoms with Crippen LogP contribution in [0.15, 0.2) is 0 Å². The third-order valence-electron chi connectivity index (χ3n) is 2.71. The van der Waals surface area contributed by atoms with E-state index in [1.54, 1.807) is 0 Å². The van der Waals surface area contributed by atoms with Crippen LogP contribution in [0.4, 0.5) is 0 Å². The van der Waals surface area contributed by atoms with E-state index in [2.05, 4.69) is 20.8 Å². The number of hydrogen-bond acceptors (Lipinski definition) is 1. The minimum absolute atomic E-state index is 0.169. The molecule has 0 aromatic heterocycles. The highest BCUT2D eigenvalue weighted by Crippen LogP contribution is 2.38. The van der Waals surface area contributed by atoms with Crippen molar-refractivity contribution in [3.05, 3.63) is 0 Å². The highest BCUT2D eigenvalue weighted by Gasteiger charge is 2.37. The summed E-state index contributed by atoms with van der Waals surface area (Å²) in [5, 5.41) is -0.237. The Morgan fingerprint density at radius 1 is 1.42 bits per heavy atom. The van der Waals surface area contributed by atoms with E-state index in [-0.39, 0.29) is 16.6 Å². The fourth-order valence-electron chi connectivity index (χ4n) is 1.88. The van der Waals surface area contributed by atoms with Gasteiger partial charge in [-0.2, -0.15) is 0 Å². The first-order valence-corrected chi connectivity index (χ1v) is 5.03. The number of rotatable bonds is 0. The van der Waals surface area contributed by atoms with Crippen LogP contribution >= 0.6 is 11.6 Å². The minimum atomic E-state index is -0.237. The monoisotopic (exact) mass is 188 g/mol. The molecule has 0 bridgehead atoms. The van der Waals surface area contributed by atoms with Crippen molar-refractivity contribution in [3.63, 3.8) is 0 Å². The molecule has 1 aliphatic carbocycles. The van der Waals surface area contributed by atoms with Gasteiger partial charge in [-0.15, -0.1) is 11.6 Å². The smallest absolute Gasteiger partial charge is 0.150 e. The van der Waals surface area contributed by atoms with Crippen LogP contribution in [0.3, 0.4) is 0 Å². The summed E-state index contributed by atoms with van der Waals surface area (Å²) in [4.78, 5) is 11.3. The number of ketones is 1. The summed E-state index contributed by atoms with van der Waals surface area (Å²) in [6.45, 7) is 6.48. The van der Waals surface area contributed by atoms with Gasteiger partial charge in [0.15, 0.2) is 5.78 Å². The first kappa shape index (κ1) is 10.0. The van der Waals surface area contributed by atoms with Crippen LogP contribution in [0.2, 0.25) is 0 Å². The van der Waals surface area contributed by atoms with E-state index in [0.29, 0.717) is 12.3 Å². The molecule has 0 N–H and O–H groups in total. The molecule has 70 valence electrons. The quantitative estimate of drug-likeness (QED) is 0.535. The topological polar surface area (TPSA) is 17.1 Å². The molecule has 0 aromatic rings. The van der Waals surface area contributed by atoms with E-state index in [0.717, 1.165) is 12.8 Å². The molecule has 1 fully saturated rings. The Balaban J connectivity index is 2.70. The maximum Gasteiger partial charge on any atom is 0.150 e. The number of hydrogen-bond donors (Lipinski definition) is 0. The molecular weight excluding hydrogens is 172 g/mol. The molecule has 1 saturated carbocycles. The van der Waals surface area contributed by atoms with Crippen LogP contribution in [0.5, 0.6) is 0 Å². The number of carbonyl (C=O) groups excluding carboxylic acids is 1. The van der Waals surface area contributed by atoms with Gasteiger partial charge < -0.3 is 0 Å². The third-order valence-corrected chi connectivity index (χ3v) is 3.26. The molecule has 0 radical (unpaired) electrons. The standard InChI is InChI=1S/C10H17ClO/c1-10(2,3)7-5-4-6-8(12)9(7)11/h7,9H,4-6H2,1-3H3/t7-,9+/m1/s1. The lowest BCUT2D eigenvalue weighted by molar-refractivity contribution is -0.122. The van der Waals surface area contributed by atoms with Gasteiger partial charge in [-0.05, 0) is 24.2 Å². The Morgan fingerprint density at radius 2 is 2.00 bits per heavy atom. The molecule has 12 heavy (non-hydrogen) atoms. The zero-order valence-corrected chi connectivity index (χ0v) is 8.82. The zero-order chi connectivity index (χ0) is 9.35. The Hall–Kier alpha value is -0.0400. The Kier molecular flexibility index (Phi) is 2.82. The maximum absolute atomic E-state index is 11.3. The number of alkyl halides is 1. The van der Waals surface area contributed by atoms with Gasteiger partial charge in [-0.3, -0.25) is 4.79 Å². The molecule has 0 aromatic carbocycles. The molecule has 0 amide bonds. The molecule has 0 spiro atoms. The SMILES string of the molecule is CC(C)(C)[C@@H]1CCCC(=O)[C@H]1Cl. The van der Waals surface area contributed by atoms with E-state index in [4.69, 9.17) is 11.6 Å². The lowest BCUT2D eigenvalue weighted by Gasteiger charge is -2.36. The highest BCUT2D eigenvalue weighted by molar-refractivity contribution is 6.31. The Morgan fingerprint density at radius 3 is 2.42 bits per heavy atom. The molecule has 1 aliphatic rings. The average molecular weight is 189 g/mol. The number of halogens is 1. The van der Waals surface area contributed by atoms with Crippen molar-refractivity contribution < 1.29 is 4.79 Å². The van der Waals surface area contributed by atoms with Gasteiger partial charge in [0.25, 0.3) is 0 Å². The van der Waals surface area contributed by atoms with Gasteiger partial charge in [-0.1, -0.05) is 20.8 Å². The predicted molar refractivity (Wildman–Crippen MR) is 51.4 cm³/mol. The first-order chi connectivity index (χ1) is 5.43.